The number of carbonyl (C=O) groups is 1. The summed E-state index contributed by atoms with van der Waals surface area (Å²) in [5.74, 6) is 3.45. The molecule has 1 amide bonds. The summed E-state index contributed by atoms with van der Waals surface area (Å²) < 4.78 is 36.1. The topological polar surface area (TPSA) is 76.8 Å². The molecule has 1 saturated heterocycles. The van der Waals surface area contributed by atoms with Crippen molar-refractivity contribution >= 4 is 15.7 Å². The van der Waals surface area contributed by atoms with Crippen LogP contribution in [0.4, 0.5) is 0 Å². The van der Waals surface area contributed by atoms with Crippen molar-refractivity contribution < 1.29 is 22.4 Å². The lowest BCUT2D eigenvalue weighted by atomic mass is 10.1. The van der Waals surface area contributed by atoms with Gasteiger partial charge in [0, 0.05) is 17.5 Å². The van der Waals surface area contributed by atoms with Crippen molar-refractivity contribution in [3.8, 4) is 5.75 Å². The first-order valence-corrected chi connectivity index (χ1v) is 14.0. The molecule has 3 unspecified atom stereocenters. The van der Waals surface area contributed by atoms with Crippen molar-refractivity contribution in [1.82, 2.24) is 4.90 Å². The predicted octanol–water partition coefficient (Wildman–Crippen LogP) is 5.19. The number of furan rings is 1. The van der Waals surface area contributed by atoms with E-state index in [4.69, 9.17) is 9.15 Å². The van der Waals surface area contributed by atoms with Gasteiger partial charge >= 0.3 is 0 Å². The van der Waals surface area contributed by atoms with E-state index in [-0.39, 0.29) is 30.0 Å². The molecule has 2 aliphatic rings. The average Bonchev–Trinajstić information content (AvgIpc) is 3.18. The highest BCUT2D eigenvalue weighted by molar-refractivity contribution is 7.91. The van der Waals surface area contributed by atoms with E-state index in [1.54, 1.807) is 17.0 Å². The van der Waals surface area contributed by atoms with Gasteiger partial charge in [0.05, 0.1) is 24.7 Å². The molecule has 0 bridgehead atoms. The second kappa shape index (κ2) is 10.3. The van der Waals surface area contributed by atoms with Crippen LogP contribution >= 0.6 is 0 Å². The maximum absolute atomic E-state index is 13.4. The Hall–Kier alpha value is -2.28. The number of hydrogen-bond donors (Lipinski definition) is 0. The number of sulfone groups is 1. The number of amides is 1. The summed E-state index contributed by atoms with van der Waals surface area (Å²) in [5, 5.41) is 0. The highest BCUT2D eigenvalue weighted by Crippen LogP contribution is 2.47. The standard InChI is InChI=1S/C26H35NO5S/c1-3-4-5-6-14-31-22-9-7-20(8-10-22)26(28)27(21-13-15-33(29,30)18-21)17-23-11-12-25(32-23)24-16-19(24)2/h7-12,19,21,24H,3-6,13-18H2,1-2H3. The van der Waals surface area contributed by atoms with Gasteiger partial charge in [-0.3, -0.25) is 4.79 Å². The Morgan fingerprint density at radius 3 is 2.52 bits per heavy atom. The summed E-state index contributed by atoms with van der Waals surface area (Å²) in [6, 6.07) is 10.7. The van der Waals surface area contributed by atoms with Gasteiger partial charge < -0.3 is 14.1 Å². The van der Waals surface area contributed by atoms with Crippen molar-refractivity contribution in [2.24, 2.45) is 5.92 Å². The Morgan fingerprint density at radius 1 is 1.12 bits per heavy atom. The van der Waals surface area contributed by atoms with Gasteiger partial charge in [-0.15, -0.1) is 0 Å². The van der Waals surface area contributed by atoms with Crippen LogP contribution in [-0.4, -0.2) is 43.4 Å². The van der Waals surface area contributed by atoms with Crippen molar-refractivity contribution in [2.45, 2.75) is 70.9 Å². The first-order chi connectivity index (χ1) is 15.9. The quantitative estimate of drug-likeness (QED) is 0.420. The molecule has 2 aromatic rings. The normalized spacial score (nSPS) is 23.4. The summed E-state index contributed by atoms with van der Waals surface area (Å²) in [4.78, 5) is 15.1. The van der Waals surface area contributed by atoms with Gasteiger partial charge in [0.2, 0.25) is 0 Å². The number of unbranched alkanes of at least 4 members (excludes halogenated alkanes) is 3. The fourth-order valence-corrected chi connectivity index (χ4v) is 6.26. The molecule has 1 aromatic heterocycles. The highest BCUT2D eigenvalue weighted by Gasteiger charge is 2.38. The number of benzene rings is 1. The third-order valence-corrected chi connectivity index (χ3v) is 8.51. The molecule has 0 radical (unpaired) electrons. The molecule has 1 aromatic carbocycles. The van der Waals surface area contributed by atoms with Crippen LogP contribution in [0.2, 0.25) is 0 Å². The van der Waals surface area contributed by atoms with Crippen molar-refractivity contribution in [2.75, 3.05) is 18.1 Å². The maximum Gasteiger partial charge on any atom is 0.254 e. The number of nitrogens with zero attached hydrogens (tertiary/aromatic N) is 1. The largest absolute Gasteiger partial charge is 0.494 e. The van der Waals surface area contributed by atoms with Gasteiger partial charge in [-0.2, -0.15) is 0 Å². The zero-order valence-corrected chi connectivity index (χ0v) is 20.5. The van der Waals surface area contributed by atoms with E-state index in [1.807, 2.05) is 24.3 Å². The second-order valence-electron chi connectivity index (χ2n) is 9.55. The molecule has 1 saturated carbocycles. The summed E-state index contributed by atoms with van der Waals surface area (Å²) in [6.45, 7) is 5.32. The summed E-state index contributed by atoms with van der Waals surface area (Å²) >= 11 is 0. The number of hydrogen-bond acceptors (Lipinski definition) is 5. The first-order valence-electron chi connectivity index (χ1n) is 12.2. The molecule has 2 heterocycles. The van der Waals surface area contributed by atoms with Crippen molar-refractivity contribution in [3.05, 3.63) is 53.5 Å². The minimum Gasteiger partial charge on any atom is -0.494 e. The average molecular weight is 474 g/mol. The van der Waals surface area contributed by atoms with Crippen LogP contribution in [0.1, 0.15) is 80.2 Å². The molecule has 0 spiro atoms. The monoisotopic (exact) mass is 473 g/mol. The highest BCUT2D eigenvalue weighted by atomic mass is 32.2. The van der Waals surface area contributed by atoms with Gasteiger partial charge in [-0.1, -0.05) is 33.1 Å². The summed E-state index contributed by atoms with van der Waals surface area (Å²) in [5.41, 5.74) is 0.528. The van der Waals surface area contributed by atoms with Crippen LogP contribution in [-0.2, 0) is 16.4 Å². The van der Waals surface area contributed by atoms with Gasteiger partial charge in [0.15, 0.2) is 9.84 Å². The third kappa shape index (κ3) is 6.19. The number of ether oxygens (including phenoxy) is 1. The minimum absolute atomic E-state index is 0.00488. The molecule has 33 heavy (non-hydrogen) atoms. The van der Waals surface area contributed by atoms with Gasteiger partial charge in [-0.05, 0) is 61.6 Å². The maximum atomic E-state index is 13.4. The Labute approximate surface area is 197 Å². The first kappa shape index (κ1) is 23.9. The van der Waals surface area contributed by atoms with E-state index in [9.17, 15) is 13.2 Å². The lowest BCUT2D eigenvalue weighted by Gasteiger charge is -2.27. The van der Waals surface area contributed by atoms with Crippen LogP contribution in [0.25, 0.3) is 0 Å². The second-order valence-corrected chi connectivity index (χ2v) is 11.8. The van der Waals surface area contributed by atoms with Gasteiger partial charge in [-0.25, -0.2) is 8.42 Å². The SMILES string of the molecule is CCCCCCOc1ccc(C(=O)N(Cc2ccc(C3CC3C)o2)C2CCS(=O)(=O)C2)cc1. The molecule has 180 valence electrons. The van der Waals surface area contributed by atoms with Crippen LogP contribution in [0.15, 0.2) is 40.8 Å². The van der Waals surface area contributed by atoms with E-state index in [0.29, 0.717) is 36.2 Å². The fraction of sp³-hybridized carbons (Fsp3) is 0.577. The molecule has 2 fully saturated rings. The smallest absolute Gasteiger partial charge is 0.254 e. The van der Waals surface area contributed by atoms with Crippen molar-refractivity contribution in [1.29, 1.82) is 0 Å². The van der Waals surface area contributed by atoms with Crippen LogP contribution in [0.5, 0.6) is 5.75 Å². The molecule has 4 rings (SSSR count). The molecular weight excluding hydrogens is 438 g/mol. The van der Waals surface area contributed by atoms with Crippen molar-refractivity contribution in [3.63, 3.8) is 0 Å². The Bertz CT molecular complexity index is 1040. The fourth-order valence-electron chi connectivity index (χ4n) is 4.53. The molecule has 1 aliphatic heterocycles. The molecule has 1 aliphatic carbocycles. The lowest BCUT2D eigenvalue weighted by Crippen LogP contribution is -2.40. The Kier molecular flexibility index (Phi) is 7.47. The summed E-state index contributed by atoms with van der Waals surface area (Å²) in [7, 11) is -3.12. The number of rotatable bonds is 11. The Balaban J connectivity index is 1.44. The molecule has 0 N–H and O–H groups in total. The van der Waals surface area contributed by atoms with E-state index in [2.05, 4.69) is 13.8 Å². The van der Waals surface area contributed by atoms with E-state index in [1.165, 1.54) is 12.8 Å². The predicted molar refractivity (Wildman–Crippen MR) is 128 cm³/mol. The molecule has 6 nitrogen and oxygen atoms in total. The number of carbonyl (C=O) groups excluding carboxylic acids is 1. The van der Waals surface area contributed by atoms with Gasteiger partial charge in [0.25, 0.3) is 5.91 Å². The Morgan fingerprint density at radius 2 is 1.88 bits per heavy atom. The van der Waals surface area contributed by atoms with Crippen LogP contribution in [0.3, 0.4) is 0 Å². The van der Waals surface area contributed by atoms with E-state index in [0.717, 1.165) is 30.8 Å². The molecule has 3 atom stereocenters. The molecular formula is C26H35NO5S. The third-order valence-electron chi connectivity index (χ3n) is 6.76. The van der Waals surface area contributed by atoms with Gasteiger partial charge in [0.1, 0.15) is 17.3 Å². The van der Waals surface area contributed by atoms with E-state index < -0.39 is 9.84 Å². The zero-order chi connectivity index (χ0) is 23.4. The van der Waals surface area contributed by atoms with E-state index >= 15 is 0 Å². The summed E-state index contributed by atoms with van der Waals surface area (Å²) in [6.07, 6.45) is 6.16. The zero-order valence-electron chi connectivity index (χ0n) is 19.7. The molecule has 7 heteroatoms. The lowest BCUT2D eigenvalue weighted by molar-refractivity contribution is 0.0665. The minimum atomic E-state index is -3.12. The van der Waals surface area contributed by atoms with Crippen LogP contribution < -0.4 is 4.74 Å². The van der Waals surface area contributed by atoms with Crippen LogP contribution in [0, 0.1) is 5.92 Å².